The number of pyridine rings is 1. The molecule has 1 aliphatic carbocycles. The van der Waals surface area contributed by atoms with E-state index in [0.717, 1.165) is 11.4 Å². The van der Waals surface area contributed by atoms with Crippen molar-refractivity contribution >= 4 is 5.82 Å². The molecule has 14 heavy (non-hydrogen) atoms. The van der Waals surface area contributed by atoms with Gasteiger partial charge in [0.2, 0.25) is 0 Å². The van der Waals surface area contributed by atoms with E-state index < -0.39 is 0 Å². The minimum Gasteiger partial charge on any atom is -0.356 e. The van der Waals surface area contributed by atoms with Gasteiger partial charge in [0.15, 0.2) is 0 Å². The fourth-order valence-corrected chi connectivity index (χ4v) is 1.69. The van der Waals surface area contributed by atoms with Crippen molar-refractivity contribution in [2.24, 2.45) is 5.73 Å². The number of nitrogens with two attached hydrogens (primary N) is 1. The molecule has 0 unspecified atom stereocenters. The Kier molecular flexibility index (Phi) is 2.42. The lowest BCUT2D eigenvalue weighted by molar-refractivity contribution is 0.787. The van der Waals surface area contributed by atoms with Gasteiger partial charge in [-0.1, -0.05) is 6.07 Å². The molecule has 0 amide bonds. The summed E-state index contributed by atoms with van der Waals surface area (Å²) in [6.45, 7) is 2.00. The fourth-order valence-electron chi connectivity index (χ4n) is 1.69. The molecule has 0 aliphatic heterocycles. The van der Waals surface area contributed by atoms with E-state index in [9.17, 15) is 0 Å². The molecule has 76 valence electrons. The van der Waals surface area contributed by atoms with Gasteiger partial charge in [-0.3, -0.25) is 0 Å². The van der Waals surface area contributed by atoms with Crippen molar-refractivity contribution in [2.75, 3.05) is 11.9 Å². The highest BCUT2D eigenvalue weighted by molar-refractivity contribution is 5.49. The predicted octanol–water partition coefficient (Wildman–Crippen LogP) is 1.70. The third-order valence-electron chi connectivity index (χ3n) is 2.74. The Labute approximate surface area is 84.9 Å². The average molecular weight is 191 g/mol. The van der Waals surface area contributed by atoms with Crippen LogP contribution in [-0.2, 0) is 0 Å². The van der Waals surface area contributed by atoms with Crippen LogP contribution in [0.5, 0.6) is 0 Å². The smallest absolute Gasteiger partial charge is 0.133 e. The number of nitrogens with zero attached hydrogens (tertiary/aromatic N) is 2. The second kappa shape index (κ2) is 3.58. The van der Waals surface area contributed by atoms with Gasteiger partial charge < -0.3 is 10.6 Å². The van der Waals surface area contributed by atoms with Gasteiger partial charge in [0, 0.05) is 30.9 Å². The SMILES string of the molecule is C[C@H](N)c1cccnc1N(C)C1CC1. The maximum atomic E-state index is 5.91. The second-order valence-corrected chi connectivity index (χ2v) is 4.05. The van der Waals surface area contributed by atoms with Crippen LogP contribution < -0.4 is 10.6 Å². The molecule has 2 N–H and O–H groups in total. The topological polar surface area (TPSA) is 42.1 Å². The molecule has 1 fully saturated rings. The minimum atomic E-state index is 0.0555. The van der Waals surface area contributed by atoms with Crippen LogP contribution in [0.15, 0.2) is 18.3 Å². The summed E-state index contributed by atoms with van der Waals surface area (Å²) < 4.78 is 0. The van der Waals surface area contributed by atoms with E-state index >= 15 is 0 Å². The lowest BCUT2D eigenvalue weighted by Crippen LogP contribution is -2.23. The van der Waals surface area contributed by atoms with Crippen molar-refractivity contribution in [3.8, 4) is 0 Å². The molecule has 0 saturated heterocycles. The maximum absolute atomic E-state index is 5.91. The molecule has 3 nitrogen and oxygen atoms in total. The van der Waals surface area contributed by atoms with Gasteiger partial charge in [-0.15, -0.1) is 0 Å². The van der Waals surface area contributed by atoms with Crippen LogP contribution in [0.3, 0.4) is 0 Å². The summed E-state index contributed by atoms with van der Waals surface area (Å²) in [5.41, 5.74) is 7.05. The lowest BCUT2D eigenvalue weighted by atomic mass is 10.1. The van der Waals surface area contributed by atoms with E-state index in [0.29, 0.717) is 6.04 Å². The Morgan fingerprint density at radius 1 is 1.57 bits per heavy atom. The molecule has 0 aromatic carbocycles. The van der Waals surface area contributed by atoms with Crippen LogP contribution in [0, 0.1) is 0 Å². The highest BCUT2D eigenvalue weighted by atomic mass is 15.2. The zero-order chi connectivity index (χ0) is 10.1. The molecular formula is C11H17N3. The third kappa shape index (κ3) is 1.73. The van der Waals surface area contributed by atoms with E-state index in [-0.39, 0.29) is 6.04 Å². The number of rotatable bonds is 3. The second-order valence-electron chi connectivity index (χ2n) is 4.05. The lowest BCUT2D eigenvalue weighted by Gasteiger charge is -2.21. The summed E-state index contributed by atoms with van der Waals surface area (Å²) in [6, 6.07) is 4.75. The molecule has 2 rings (SSSR count). The Balaban J connectivity index is 2.30. The quantitative estimate of drug-likeness (QED) is 0.790. The molecule has 1 aromatic heterocycles. The van der Waals surface area contributed by atoms with Crippen LogP contribution in [-0.4, -0.2) is 18.1 Å². The molecule has 1 aromatic rings. The highest BCUT2D eigenvalue weighted by Crippen LogP contribution is 2.32. The van der Waals surface area contributed by atoms with E-state index in [1.54, 1.807) is 0 Å². The van der Waals surface area contributed by atoms with Crippen molar-refractivity contribution in [3.05, 3.63) is 23.9 Å². The molecule has 0 radical (unpaired) electrons. The first-order chi connectivity index (χ1) is 6.70. The summed E-state index contributed by atoms with van der Waals surface area (Å²) >= 11 is 0. The van der Waals surface area contributed by atoms with Crippen LogP contribution in [0.2, 0.25) is 0 Å². The van der Waals surface area contributed by atoms with Crippen LogP contribution >= 0.6 is 0 Å². The molecule has 3 heteroatoms. The molecule has 1 saturated carbocycles. The van der Waals surface area contributed by atoms with E-state index in [2.05, 4.69) is 23.0 Å². The maximum Gasteiger partial charge on any atom is 0.133 e. The van der Waals surface area contributed by atoms with Crippen molar-refractivity contribution in [1.82, 2.24) is 4.98 Å². The van der Waals surface area contributed by atoms with E-state index in [1.165, 1.54) is 12.8 Å². The largest absolute Gasteiger partial charge is 0.356 e. The molecule has 0 bridgehead atoms. The van der Waals surface area contributed by atoms with Crippen LogP contribution in [0.25, 0.3) is 0 Å². The standard InChI is InChI=1S/C11H17N3/c1-8(12)10-4-3-7-13-11(10)14(2)9-5-6-9/h3-4,7-9H,5-6,12H2,1-2H3/t8-/m0/s1. The van der Waals surface area contributed by atoms with Gasteiger partial charge in [0.05, 0.1) is 0 Å². The van der Waals surface area contributed by atoms with Gasteiger partial charge in [0.25, 0.3) is 0 Å². The summed E-state index contributed by atoms with van der Waals surface area (Å²) in [7, 11) is 2.10. The molecule has 1 aliphatic rings. The van der Waals surface area contributed by atoms with Crippen molar-refractivity contribution in [1.29, 1.82) is 0 Å². The zero-order valence-corrected chi connectivity index (χ0v) is 8.77. The van der Waals surface area contributed by atoms with E-state index in [1.807, 2.05) is 19.2 Å². The average Bonchev–Trinajstić information content (AvgIpc) is 3.00. The zero-order valence-electron chi connectivity index (χ0n) is 8.77. The monoisotopic (exact) mass is 191 g/mol. The van der Waals surface area contributed by atoms with Crippen LogP contribution in [0.1, 0.15) is 31.4 Å². The predicted molar refractivity (Wildman–Crippen MR) is 58.3 cm³/mol. The first kappa shape index (κ1) is 9.46. The van der Waals surface area contributed by atoms with Gasteiger partial charge >= 0.3 is 0 Å². The molecular weight excluding hydrogens is 174 g/mol. The number of aromatic nitrogens is 1. The van der Waals surface area contributed by atoms with Gasteiger partial charge in [-0.05, 0) is 25.8 Å². The summed E-state index contributed by atoms with van der Waals surface area (Å²) in [5.74, 6) is 1.05. The summed E-state index contributed by atoms with van der Waals surface area (Å²) in [6.07, 6.45) is 4.40. The van der Waals surface area contributed by atoms with Crippen molar-refractivity contribution in [3.63, 3.8) is 0 Å². The number of anilines is 1. The molecule has 1 heterocycles. The first-order valence-corrected chi connectivity index (χ1v) is 5.13. The summed E-state index contributed by atoms with van der Waals surface area (Å²) in [5, 5.41) is 0. The molecule has 1 atom stereocenters. The normalized spacial score (nSPS) is 17.9. The Hall–Kier alpha value is -1.09. The Bertz CT molecular complexity index is 318. The van der Waals surface area contributed by atoms with Gasteiger partial charge in [-0.2, -0.15) is 0 Å². The van der Waals surface area contributed by atoms with Crippen molar-refractivity contribution < 1.29 is 0 Å². The Morgan fingerprint density at radius 2 is 2.29 bits per heavy atom. The highest BCUT2D eigenvalue weighted by Gasteiger charge is 2.28. The van der Waals surface area contributed by atoms with Crippen LogP contribution in [0.4, 0.5) is 5.82 Å². The van der Waals surface area contributed by atoms with Crippen molar-refractivity contribution in [2.45, 2.75) is 31.8 Å². The molecule has 0 spiro atoms. The van der Waals surface area contributed by atoms with E-state index in [4.69, 9.17) is 5.73 Å². The number of hydrogen-bond acceptors (Lipinski definition) is 3. The minimum absolute atomic E-state index is 0.0555. The summed E-state index contributed by atoms with van der Waals surface area (Å²) in [4.78, 5) is 6.66. The first-order valence-electron chi connectivity index (χ1n) is 5.13. The Morgan fingerprint density at radius 3 is 2.86 bits per heavy atom. The third-order valence-corrected chi connectivity index (χ3v) is 2.74. The van der Waals surface area contributed by atoms with Gasteiger partial charge in [0.1, 0.15) is 5.82 Å². The number of hydrogen-bond donors (Lipinski definition) is 1. The fraction of sp³-hybridized carbons (Fsp3) is 0.545. The van der Waals surface area contributed by atoms with Gasteiger partial charge in [-0.25, -0.2) is 4.98 Å².